The zero-order valence-electron chi connectivity index (χ0n) is 38.8. The SMILES string of the molecule is CCCCCCCC/C=C\CCCCCCCCOCC(C[N+](C)(C)CC[C@](N)(CCCN=C(N)N)C(=O)O)OCCCCCCCC/C=C\CCCCCCCC. The molecule has 0 aliphatic carbocycles. The average Bonchev–Trinajstić information content (AvgIpc) is 3.19. The first kappa shape index (κ1) is 56.1. The zero-order valence-corrected chi connectivity index (χ0v) is 38.8. The number of carboxylic acid groups (broad SMARTS) is 1. The fourth-order valence-corrected chi connectivity index (χ4v) is 7.51. The minimum absolute atomic E-state index is 0.00827. The van der Waals surface area contributed by atoms with Gasteiger partial charge in [-0.2, -0.15) is 0 Å². The van der Waals surface area contributed by atoms with E-state index in [1.807, 2.05) is 0 Å². The van der Waals surface area contributed by atoms with Crippen molar-refractivity contribution < 1.29 is 23.9 Å². The Morgan fingerprint density at radius 1 is 0.621 bits per heavy atom. The van der Waals surface area contributed by atoms with Crippen molar-refractivity contribution in [1.82, 2.24) is 0 Å². The van der Waals surface area contributed by atoms with Gasteiger partial charge in [0.15, 0.2) is 5.96 Å². The maximum Gasteiger partial charge on any atom is 0.323 e. The molecule has 0 aromatic rings. The molecule has 0 bridgehead atoms. The number of likely N-dealkylation sites (N-methyl/N-ethyl adjacent to an activating group) is 1. The lowest BCUT2D eigenvalue weighted by atomic mass is 9.90. The van der Waals surface area contributed by atoms with Crippen LogP contribution in [0.15, 0.2) is 29.3 Å². The van der Waals surface area contributed by atoms with Crippen molar-refractivity contribution in [2.75, 3.05) is 53.6 Å². The smallest absolute Gasteiger partial charge is 0.323 e. The highest BCUT2D eigenvalue weighted by molar-refractivity contribution is 5.78. The van der Waals surface area contributed by atoms with Gasteiger partial charge in [0.2, 0.25) is 0 Å². The van der Waals surface area contributed by atoms with Crippen LogP contribution in [0.25, 0.3) is 0 Å². The molecule has 58 heavy (non-hydrogen) atoms. The van der Waals surface area contributed by atoms with Crippen LogP contribution in [0.3, 0.4) is 0 Å². The topological polar surface area (TPSA) is 146 Å². The number of guanidine groups is 1. The first-order chi connectivity index (χ1) is 28.1. The summed E-state index contributed by atoms with van der Waals surface area (Å²) >= 11 is 0. The third-order valence-corrected chi connectivity index (χ3v) is 11.5. The quantitative estimate of drug-likeness (QED) is 0.0157. The molecule has 0 saturated heterocycles. The molecule has 9 heteroatoms. The number of aliphatic carboxylic acids is 1. The van der Waals surface area contributed by atoms with E-state index in [2.05, 4.69) is 57.2 Å². The number of carboxylic acids is 1. The van der Waals surface area contributed by atoms with Crippen LogP contribution in [0.2, 0.25) is 0 Å². The molecule has 0 aliphatic rings. The van der Waals surface area contributed by atoms with E-state index in [0.717, 1.165) is 32.6 Å². The fraction of sp³-hybridized carbons (Fsp3) is 0.878. The summed E-state index contributed by atoms with van der Waals surface area (Å²) in [5.74, 6) is -0.974. The minimum atomic E-state index is -1.32. The molecule has 0 saturated carbocycles. The summed E-state index contributed by atoms with van der Waals surface area (Å²) in [5.41, 5.74) is 16.0. The Bertz CT molecular complexity index is 1000. The van der Waals surface area contributed by atoms with Gasteiger partial charge in [0.05, 0.1) is 27.2 Å². The molecular weight excluding hydrogens is 723 g/mol. The van der Waals surface area contributed by atoms with E-state index in [1.165, 1.54) is 167 Å². The molecule has 7 N–H and O–H groups in total. The van der Waals surface area contributed by atoms with Crippen molar-refractivity contribution in [3.63, 3.8) is 0 Å². The normalized spacial score (nSPS) is 13.7. The molecule has 0 radical (unpaired) electrons. The molecule has 1 unspecified atom stereocenters. The number of ether oxygens (including phenoxy) is 2. The van der Waals surface area contributed by atoms with Crippen LogP contribution in [0, 0.1) is 0 Å². The highest BCUT2D eigenvalue weighted by atomic mass is 16.5. The second-order valence-corrected chi connectivity index (χ2v) is 17.9. The lowest BCUT2D eigenvalue weighted by Crippen LogP contribution is -2.54. The van der Waals surface area contributed by atoms with Gasteiger partial charge in [0.25, 0.3) is 0 Å². The van der Waals surface area contributed by atoms with Crippen LogP contribution in [0.5, 0.6) is 0 Å². The van der Waals surface area contributed by atoms with E-state index < -0.39 is 11.5 Å². The standard InChI is InChI=1S/C49H97N5O4/c1-5-7-9-11-13-15-17-19-21-23-25-27-29-31-33-35-42-57-45-46(44-54(3,4)41-39-49(52,47(55)56)38-37-40-53-48(50)51)58-43-36-34-32-30-28-26-24-22-20-18-16-14-12-10-8-6-2/h19-22,46H,5-18,23-45,52H2,1-4H3,(H4-,50,51,53,55,56)/p+1/b21-19-,22-20-/t46?,49-/m1/s1. The maximum absolute atomic E-state index is 12.2. The van der Waals surface area contributed by atoms with Gasteiger partial charge in [-0.1, -0.05) is 154 Å². The van der Waals surface area contributed by atoms with Crippen molar-refractivity contribution in [2.45, 2.75) is 225 Å². The third kappa shape index (κ3) is 38.3. The van der Waals surface area contributed by atoms with Gasteiger partial charge < -0.3 is 36.3 Å². The summed E-state index contributed by atoms with van der Waals surface area (Å²) < 4.78 is 13.3. The monoisotopic (exact) mass is 821 g/mol. The van der Waals surface area contributed by atoms with Gasteiger partial charge in [-0.15, -0.1) is 0 Å². The van der Waals surface area contributed by atoms with Gasteiger partial charge in [0, 0.05) is 26.2 Å². The van der Waals surface area contributed by atoms with Gasteiger partial charge in [-0.05, 0) is 77.0 Å². The van der Waals surface area contributed by atoms with E-state index >= 15 is 0 Å². The summed E-state index contributed by atoms with van der Waals surface area (Å²) in [7, 11) is 4.26. The van der Waals surface area contributed by atoms with E-state index in [-0.39, 0.29) is 12.1 Å². The zero-order chi connectivity index (χ0) is 42.8. The Hall–Kier alpha value is -1.94. The number of aliphatic imine (C=N–C) groups is 1. The van der Waals surface area contributed by atoms with Crippen molar-refractivity contribution >= 4 is 11.9 Å². The van der Waals surface area contributed by atoms with Crippen LogP contribution in [0.1, 0.15) is 213 Å². The number of quaternary nitrogens is 1. The number of carbonyl (C=O) groups is 1. The van der Waals surface area contributed by atoms with Crippen LogP contribution in [-0.2, 0) is 14.3 Å². The second kappa shape index (κ2) is 40.5. The molecule has 0 aromatic carbocycles. The highest BCUT2D eigenvalue weighted by Crippen LogP contribution is 2.19. The summed E-state index contributed by atoms with van der Waals surface area (Å²) in [6.07, 6.45) is 46.9. The van der Waals surface area contributed by atoms with Crippen molar-refractivity contribution in [3.8, 4) is 0 Å². The lowest BCUT2D eigenvalue weighted by Gasteiger charge is -2.36. The Kier molecular flexibility index (Phi) is 39.1. The third-order valence-electron chi connectivity index (χ3n) is 11.5. The molecule has 0 aromatic heterocycles. The summed E-state index contributed by atoms with van der Waals surface area (Å²) in [6, 6.07) is 0. The van der Waals surface area contributed by atoms with Gasteiger partial charge >= 0.3 is 5.97 Å². The van der Waals surface area contributed by atoms with E-state index in [4.69, 9.17) is 26.7 Å². The van der Waals surface area contributed by atoms with E-state index in [1.54, 1.807) is 0 Å². The number of allylic oxidation sites excluding steroid dienone is 4. The van der Waals surface area contributed by atoms with E-state index in [9.17, 15) is 9.90 Å². The summed E-state index contributed by atoms with van der Waals surface area (Å²) in [6.45, 7) is 8.32. The van der Waals surface area contributed by atoms with Crippen molar-refractivity contribution in [2.24, 2.45) is 22.2 Å². The summed E-state index contributed by atoms with van der Waals surface area (Å²) in [4.78, 5) is 16.2. The van der Waals surface area contributed by atoms with Gasteiger partial charge in [-0.25, -0.2) is 0 Å². The number of hydrogen-bond acceptors (Lipinski definition) is 5. The molecule has 0 amide bonds. The largest absolute Gasteiger partial charge is 0.480 e. The first-order valence-corrected chi connectivity index (χ1v) is 24.4. The second-order valence-electron chi connectivity index (χ2n) is 17.9. The average molecular weight is 821 g/mol. The highest BCUT2D eigenvalue weighted by Gasteiger charge is 2.36. The molecule has 0 heterocycles. The number of hydrogen-bond donors (Lipinski definition) is 4. The number of nitrogens with zero attached hydrogens (tertiary/aromatic N) is 2. The first-order valence-electron chi connectivity index (χ1n) is 24.4. The Morgan fingerprint density at radius 3 is 1.47 bits per heavy atom. The number of unbranched alkanes of at least 4 members (excludes halogenated alkanes) is 24. The molecule has 342 valence electrons. The van der Waals surface area contributed by atoms with Gasteiger partial charge in [0.1, 0.15) is 18.2 Å². The van der Waals surface area contributed by atoms with Crippen molar-refractivity contribution in [1.29, 1.82) is 0 Å². The van der Waals surface area contributed by atoms with Crippen LogP contribution >= 0.6 is 0 Å². The Balaban J connectivity index is 4.55. The number of nitrogens with two attached hydrogens (primary N) is 3. The molecule has 9 nitrogen and oxygen atoms in total. The van der Waals surface area contributed by atoms with Crippen LogP contribution < -0.4 is 17.2 Å². The predicted octanol–water partition coefficient (Wildman–Crippen LogP) is 11.8. The van der Waals surface area contributed by atoms with Crippen LogP contribution in [0.4, 0.5) is 0 Å². The fourth-order valence-electron chi connectivity index (χ4n) is 7.51. The molecule has 0 spiro atoms. The van der Waals surface area contributed by atoms with Crippen molar-refractivity contribution in [3.05, 3.63) is 24.3 Å². The van der Waals surface area contributed by atoms with E-state index in [0.29, 0.717) is 43.4 Å². The van der Waals surface area contributed by atoms with Crippen LogP contribution in [-0.4, -0.2) is 86.7 Å². The molecule has 0 rings (SSSR count). The molecule has 0 aliphatic heterocycles. The molecular formula is C49H98N5O4+. The summed E-state index contributed by atoms with van der Waals surface area (Å²) in [5, 5.41) is 9.99. The molecule has 0 fully saturated rings. The number of rotatable bonds is 45. The Labute approximate surface area is 359 Å². The maximum atomic E-state index is 12.2. The van der Waals surface area contributed by atoms with Gasteiger partial charge in [-0.3, -0.25) is 9.79 Å². The lowest BCUT2D eigenvalue weighted by molar-refractivity contribution is -0.894. The molecule has 2 atom stereocenters. The Morgan fingerprint density at radius 2 is 1.03 bits per heavy atom. The minimum Gasteiger partial charge on any atom is -0.480 e. The predicted molar refractivity (Wildman–Crippen MR) is 250 cm³/mol.